The summed E-state index contributed by atoms with van der Waals surface area (Å²) >= 11 is 0. The molecule has 1 heterocycles. The predicted octanol–water partition coefficient (Wildman–Crippen LogP) is 5.81. The van der Waals surface area contributed by atoms with Gasteiger partial charge in [-0.1, -0.05) is 48.5 Å². The molecule has 0 unspecified atom stereocenters. The SMILES string of the molecule is CN(C)CCC(=O)N(C)c1ccc(N/C(=C2\C(=O)Nc3ccc(C(=O)N(C)c4ccccc4)cc32)c2ccccc2)cc1. The van der Waals surface area contributed by atoms with Crippen LogP contribution >= 0.6 is 0 Å². The average Bonchev–Trinajstić information content (AvgIpc) is 3.37. The van der Waals surface area contributed by atoms with E-state index in [1.54, 1.807) is 42.1 Å². The number of fused-ring (bicyclic) bond motifs is 1. The van der Waals surface area contributed by atoms with E-state index >= 15 is 0 Å². The number of anilines is 4. The van der Waals surface area contributed by atoms with Crippen LogP contribution in [-0.2, 0) is 9.59 Å². The highest BCUT2D eigenvalue weighted by molar-refractivity contribution is 6.37. The van der Waals surface area contributed by atoms with Crippen LogP contribution in [0.1, 0.15) is 27.9 Å². The summed E-state index contributed by atoms with van der Waals surface area (Å²) in [7, 11) is 7.39. The van der Waals surface area contributed by atoms with Gasteiger partial charge in [0.25, 0.3) is 11.8 Å². The Kier molecular flexibility index (Phi) is 8.69. The lowest BCUT2D eigenvalue weighted by molar-refractivity contribution is -0.118. The van der Waals surface area contributed by atoms with Crippen LogP contribution in [0.2, 0.25) is 0 Å². The number of carbonyl (C=O) groups is 3. The third-order valence-electron chi connectivity index (χ3n) is 7.44. The van der Waals surface area contributed by atoms with Crippen LogP contribution in [0.3, 0.4) is 0 Å². The average molecular weight is 574 g/mol. The number of amides is 3. The third kappa shape index (κ3) is 6.50. The fraction of sp³-hybridized carbons (Fsp3) is 0.171. The van der Waals surface area contributed by atoms with Gasteiger partial charge in [-0.05, 0) is 74.3 Å². The van der Waals surface area contributed by atoms with Gasteiger partial charge < -0.3 is 25.3 Å². The maximum atomic E-state index is 13.4. The summed E-state index contributed by atoms with van der Waals surface area (Å²) < 4.78 is 0. The van der Waals surface area contributed by atoms with Crippen molar-refractivity contribution in [1.82, 2.24) is 4.90 Å². The summed E-state index contributed by atoms with van der Waals surface area (Å²) in [5.41, 5.74) is 5.93. The molecule has 5 rings (SSSR count). The molecular weight excluding hydrogens is 538 g/mol. The van der Waals surface area contributed by atoms with Crippen molar-refractivity contribution >= 4 is 51.7 Å². The largest absolute Gasteiger partial charge is 0.354 e. The molecule has 218 valence electrons. The Morgan fingerprint density at radius 2 is 1.35 bits per heavy atom. The fourth-order valence-electron chi connectivity index (χ4n) is 4.94. The fourth-order valence-corrected chi connectivity index (χ4v) is 4.94. The van der Waals surface area contributed by atoms with Crippen LogP contribution in [-0.4, -0.2) is 57.4 Å². The Morgan fingerprint density at radius 1 is 0.721 bits per heavy atom. The maximum absolute atomic E-state index is 13.4. The Morgan fingerprint density at radius 3 is 2.00 bits per heavy atom. The van der Waals surface area contributed by atoms with Crippen molar-refractivity contribution in [3.63, 3.8) is 0 Å². The van der Waals surface area contributed by atoms with Crippen molar-refractivity contribution in [1.29, 1.82) is 0 Å². The van der Waals surface area contributed by atoms with E-state index in [1.165, 1.54) is 0 Å². The minimum atomic E-state index is -0.259. The minimum absolute atomic E-state index is 0.0315. The summed E-state index contributed by atoms with van der Waals surface area (Å²) in [6.07, 6.45) is 0.425. The molecule has 2 N–H and O–H groups in total. The van der Waals surface area contributed by atoms with E-state index in [-0.39, 0.29) is 17.7 Å². The zero-order valence-electron chi connectivity index (χ0n) is 24.8. The summed E-state index contributed by atoms with van der Waals surface area (Å²) in [6, 6.07) is 31.8. The Hall–Kier alpha value is -5.21. The van der Waals surface area contributed by atoms with Crippen LogP contribution < -0.4 is 20.4 Å². The molecule has 4 aromatic rings. The van der Waals surface area contributed by atoms with E-state index < -0.39 is 0 Å². The Labute approximate surface area is 252 Å². The first-order valence-electron chi connectivity index (χ1n) is 14.1. The molecule has 3 amide bonds. The van der Waals surface area contributed by atoms with Crippen LogP contribution in [0.5, 0.6) is 0 Å². The van der Waals surface area contributed by atoms with Crippen LogP contribution in [0.15, 0.2) is 103 Å². The van der Waals surface area contributed by atoms with Gasteiger partial charge in [0, 0.05) is 60.9 Å². The highest BCUT2D eigenvalue weighted by Gasteiger charge is 2.30. The summed E-state index contributed by atoms with van der Waals surface area (Å²) in [6.45, 7) is 0.677. The van der Waals surface area contributed by atoms with Gasteiger partial charge in [-0.3, -0.25) is 14.4 Å². The molecule has 43 heavy (non-hydrogen) atoms. The van der Waals surface area contributed by atoms with Crippen molar-refractivity contribution in [3.05, 3.63) is 120 Å². The molecular formula is C35H35N5O3. The van der Waals surface area contributed by atoms with E-state index in [2.05, 4.69) is 10.6 Å². The van der Waals surface area contributed by atoms with Gasteiger partial charge in [-0.15, -0.1) is 0 Å². The van der Waals surface area contributed by atoms with Gasteiger partial charge >= 0.3 is 0 Å². The van der Waals surface area contributed by atoms with E-state index in [0.29, 0.717) is 41.1 Å². The molecule has 0 bridgehead atoms. The lowest BCUT2D eigenvalue weighted by atomic mass is 9.98. The van der Waals surface area contributed by atoms with E-state index in [9.17, 15) is 14.4 Å². The minimum Gasteiger partial charge on any atom is -0.354 e. The first kappa shape index (κ1) is 29.3. The zero-order valence-corrected chi connectivity index (χ0v) is 24.8. The first-order chi connectivity index (χ1) is 20.7. The number of para-hydroxylation sites is 1. The second-order valence-corrected chi connectivity index (χ2v) is 10.7. The molecule has 8 heteroatoms. The predicted molar refractivity (Wildman–Crippen MR) is 174 cm³/mol. The molecule has 8 nitrogen and oxygen atoms in total. The molecule has 0 radical (unpaired) electrons. The number of benzene rings is 4. The summed E-state index contributed by atoms with van der Waals surface area (Å²) in [5.74, 6) is -0.407. The lowest BCUT2D eigenvalue weighted by Gasteiger charge is -2.20. The summed E-state index contributed by atoms with van der Waals surface area (Å²) in [4.78, 5) is 44.7. The topological polar surface area (TPSA) is 85.0 Å². The lowest BCUT2D eigenvalue weighted by Crippen LogP contribution is -2.29. The second kappa shape index (κ2) is 12.8. The molecule has 0 aromatic heterocycles. The smallest absolute Gasteiger partial charge is 0.258 e. The highest BCUT2D eigenvalue weighted by atomic mass is 16.2. The van der Waals surface area contributed by atoms with Gasteiger partial charge in [-0.25, -0.2) is 0 Å². The molecule has 1 aliphatic heterocycles. The van der Waals surface area contributed by atoms with Gasteiger partial charge in [0.2, 0.25) is 5.91 Å². The number of hydrogen-bond acceptors (Lipinski definition) is 5. The second-order valence-electron chi connectivity index (χ2n) is 10.7. The molecule has 1 aliphatic rings. The number of hydrogen-bond donors (Lipinski definition) is 2. The van der Waals surface area contributed by atoms with Crippen molar-refractivity contribution < 1.29 is 14.4 Å². The van der Waals surface area contributed by atoms with E-state index in [1.807, 2.05) is 104 Å². The van der Waals surface area contributed by atoms with E-state index in [0.717, 1.165) is 22.6 Å². The zero-order chi connectivity index (χ0) is 30.5. The molecule has 0 atom stereocenters. The number of rotatable bonds is 9. The van der Waals surface area contributed by atoms with Gasteiger partial charge in [0.05, 0.1) is 11.3 Å². The van der Waals surface area contributed by atoms with Crippen molar-refractivity contribution in [2.75, 3.05) is 55.2 Å². The van der Waals surface area contributed by atoms with Crippen molar-refractivity contribution in [2.45, 2.75) is 6.42 Å². The normalized spacial score (nSPS) is 13.3. The molecule has 4 aromatic carbocycles. The molecule has 0 fully saturated rings. The molecule has 0 saturated heterocycles. The summed E-state index contributed by atoms with van der Waals surface area (Å²) in [5, 5.41) is 6.41. The quantitative estimate of drug-likeness (QED) is 0.247. The van der Waals surface area contributed by atoms with Crippen molar-refractivity contribution in [3.8, 4) is 0 Å². The van der Waals surface area contributed by atoms with Gasteiger partial charge in [0.15, 0.2) is 0 Å². The standard InChI is InChI=1S/C35H35N5O3/c1-38(2)22-21-31(41)39(3)28-18-16-26(17-19-28)36-33(24-11-7-5-8-12-24)32-29-23-25(15-20-30(29)37-34(32)42)35(43)40(4)27-13-9-6-10-14-27/h5-20,23,36H,21-22H2,1-4H3,(H,37,42)/b33-32-. The van der Waals surface area contributed by atoms with Gasteiger partial charge in [0.1, 0.15) is 0 Å². The van der Waals surface area contributed by atoms with Crippen molar-refractivity contribution in [2.24, 2.45) is 0 Å². The Balaban J connectivity index is 1.49. The Bertz CT molecular complexity index is 1670. The number of nitrogens with zero attached hydrogens (tertiary/aromatic N) is 3. The highest BCUT2D eigenvalue weighted by Crippen LogP contribution is 2.38. The van der Waals surface area contributed by atoms with Crippen LogP contribution in [0.25, 0.3) is 11.3 Å². The van der Waals surface area contributed by atoms with Gasteiger partial charge in [-0.2, -0.15) is 0 Å². The van der Waals surface area contributed by atoms with E-state index in [4.69, 9.17) is 0 Å². The third-order valence-corrected chi connectivity index (χ3v) is 7.44. The molecule has 0 aliphatic carbocycles. The number of carbonyl (C=O) groups excluding carboxylic acids is 3. The number of nitrogens with one attached hydrogen (secondary N) is 2. The first-order valence-corrected chi connectivity index (χ1v) is 14.1. The van der Waals surface area contributed by atoms with Crippen LogP contribution in [0, 0.1) is 0 Å². The molecule has 0 saturated carbocycles. The molecule has 0 spiro atoms. The van der Waals surface area contributed by atoms with Crippen LogP contribution in [0.4, 0.5) is 22.7 Å². The maximum Gasteiger partial charge on any atom is 0.258 e. The monoisotopic (exact) mass is 573 g/mol.